The second kappa shape index (κ2) is 7.95. The van der Waals surface area contributed by atoms with Crippen LogP contribution in [0.25, 0.3) is 11.4 Å². The third kappa shape index (κ3) is 4.36. The first-order valence-electron chi connectivity index (χ1n) is 8.76. The monoisotopic (exact) mass is 349 g/mol. The highest BCUT2D eigenvalue weighted by Gasteiger charge is 2.15. The molecule has 1 heterocycles. The van der Waals surface area contributed by atoms with Gasteiger partial charge in [-0.05, 0) is 30.5 Å². The molecule has 3 aromatic rings. The minimum atomic E-state index is 0.0181. The van der Waals surface area contributed by atoms with Crippen LogP contribution in [0.1, 0.15) is 29.5 Å². The zero-order chi connectivity index (χ0) is 18.5. The highest BCUT2D eigenvalue weighted by Crippen LogP contribution is 2.17. The normalized spacial score (nSPS) is 10.7. The smallest absolute Gasteiger partial charge is 0.246 e. The van der Waals surface area contributed by atoms with Gasteiger partial charge in [0.1, 0.15) is 0 Å². The van der Waals surface area contributed by atoms with E-state index in [4.69, 9.17) is 4.52 Å². The predicted octanol–water partition coefficient (Wildman–Crippen LogP) is 3.81. The fraction of sp³-hybridized carbons (Fsp3) is 0.286. The lowest BCUT2D eigenvalue weighted by Crippen LogP contribution is -2.27. The quantitative estimate of drug-likeness (QED) is 0.679. The molecule has 0 aliphatic heterocycles. The number of benzene rings is 2. The topological polar surface area (TPSA) is 59.2 Å². The fourth-order valence-electron chi connectivity index (χ4n) is 2.71. The SMILES string of the molecule is CCc1ccc(CC(=O)N(C)Cc2nc(-c3cccc(C)c3)no2)cc1. The zero-order valence-electron chi connectivity index (χ0n) is 15.4. The van der Waals surface area contributed by atoms with Crippen LogP contribution in [0.3, 0.4) is 0 Å². The van der Waals surface area contributed by atoms with Crippen LogP contribution in [0.5, 0.6) is 0 Å². The molecule has 26 heavy (non-hydrogen) atoms. The van der Waals surface area contributed by atoms with Crippen LogP contribution < -0.4 is 0 Å². The Morgan fingerprint density at radius 1 is 1.12 bits per heavy atom. The largest absolute Gasteiger partial charge is 0.337 e. The summed E-state index contributed by atoms with van der Waals surface area (Å²) in [5.74, 6) is 0.989. The molecule has 0 spiro atoms. The van der Waals surface area contributed by atoms with Crippen LogP contribution in [-0.4, -0.2) is 28.0 Å². The van der Waals surface area contributed by atoms with Gasteiger partial charge in [0.05, 0.1) is 13.0 Å². The number of amides is 1. The van der Waals surface area contributed by atoms with Crippen molar-refractivity contribution in [3.63, 3.8) is 0 Å². The molecule has 5 heteroatoms. The van der Waals surface area contributed by atoms with E-state index in [0.717, 1.165) is 23.1 Å². The number of aryl methyl sites for hydroxylation is 2. The molecule has 0 aliphatic carbocycles. The van der Waals surface area contributed by atoms with Crippen molar-refractivity contribution < 1.29 is 9.32 Å². The summed E-state index contributed by atoms with van der Waals surface area (Å²) in [5, 5.41) is 4.02. The Morgan fingerprint density at radius 3 is 2.54 bits per heavy atom. The summed E-state index contributed by atoms with van der Waals surface area (Å²) >= 11 is 0. The van der Waals surface area contributed by atoms with Crippen molar-refractivity contribution in [3.8, 4) is 11.4 Å². The first-order valence-corrected chi connectivity index (χ1v) is 8.76. The van der Waals surface area contributed by atoms with E-state index in [1.807, 2.05) is 43.3 Å². The van der Waals surface area contributed by atoms with Gasteiger partial charge in [-0.15, -0.1) is 0 Å². The van der Waals surface area contributed by atoms with E-state index >= 15 is 0 Å². The van der Waals surface area contributed by atoms with E-state index in [1.165, 1.54) is 5.56 Å². The van der Waals surface area contributed by atoms with Gasteiger partial charge in [0.15, 0.2) is 0 Å². The molecule has 0 saturated carbocycles. The lowest BCUT2D eigenvalue weighted by atomic mass is 10.1. The summed E-state index contributed by atoms with van der Waals surface area (Å²) < 4.78 is 5.31. The first-order chi connectivity index (χ1) is 12.5. The summed E-state index contributed by atoms with van der Waals surface area (Å²) in [6, 6.07) is 16.1. The molecule has 1 amide bonds. The van der Waals surface area contributed by atoms with Crippen LogP contribution in [0.4, 0.5) is 0 Å². The second-order valence-electron chi connectivity index (χ2n) is 6.48. The Labute approximate surface area is 153 Å². The van der Waals surface area contributed by atoms with Crippen molar-refractivity contribution in [2.75, 3.05) is 7.05 Å². The van der Waals surface area contributed by atoms with Gasteiger partial charge in [0.25, 0.3) is 0 Å². The van der Waals surface area contributed by atoms with Gasteiger partial charge in [-0.25, -0.2) is 0 Å². The summed E-state index contributed by atoms with van der Waals surface area (Å²) in [4.78, 5) is 18.4. The molecular formula is C21H23N3O2. The molecule has 3 rings (SSSR count). The highest BCUT2D eigenvalue weighted by molar-refractivity contribution is 5.78. The molecule has 2 aromatic carbocycles. The van der Waals surface area contributed by atoms with E-state index in [9.17, 15) is 4.79 Å². The number of aromatic nitrogens is 2. The van der Waals surface area contributed by atoms with Crippen LogP contribution in [0, 0.1) is 6.92 Å². The van der Waals surface area contributed by atoms with E-state index in [0.29, 0.717) is 24.7 Å². The molecule has 0 atom stereocenters. The predicted molar refractivity (Wildman–Crippen MR) is 100 cm³/mol. The van der Waals surface area contributed by atoms with E-state index in [1.54, 1.807) is 11.9 Å². The maximum atomic E-state index is 12.4. The van der Waals surface area contributed by atoms with Crippen molar-refractivity contribution in [3.05, 3.63) is 71.1 Å². The molecule has 0 radical (unpaired) electrons. The Morgan fingerprint density at radius 2 is 1.85 bits per heavy atom. The van der Waals surface area contributed by atoms with Gasteiger partial charge in [0.2, 0.25) is 17.6 Å². The lowest BCUT2D eigenvalue weighted by Gasteiger charge is -2.14. The van der Waals surface area contributed by atoms with E-state index < -0.39 is 0 Å². The van der Waals surface area contributed by atoms with Crippen molar-refractivity contribution in [1.29, 1.82) is 0 Å². The van der Waals surface area contributed by atoms with Crippen molar-refractivity contribution >= 4 is 5.91 Å². The molecule has 0 N–H and O–H groups in total. The average molecular weight is 349 g/mol. The van der Waals surface area contributed by atoms with Crippen LogP contribution in [0.15, 0.2) is 53.1 Å². The third-order valence-corrected chi connectivity index (χ3v) is 4.33. The van der Waals surface area contributed by atoms with Crippen LogP contribution in [0.2, 0.25) is 0 Å². The van der Waals surface area contributed by atoms with Gasteiger partial charge in [-0.1, -0.05) is 60.1 Å². The minimum absolute atomic E-state index is 0.0181. The minimum Gasteiger partial charge on any atom is -0.337 e. The van der Waals surface area contributed by atoms with Crippen molar-refractivity contribution in [2.45, 2.75) is 33.2 Å². The number of likely N-dealkylation sites (N-methyl/N-ethyl adjacent to an activating group) is 1. The molecule has 0 bridgehead atoms. The molecule has 1 aromatic heterocycles. The first kappa shape index (κ1) is 17.9. The molecule has 0 aliphatic rings. The molecule has 134 valence electrons. The highest BCUT2D eigenvalue weighted by atomic mass is 16.5. The second-order valence-corrected chi connectivity index (χ2v) is 6.48. The number of carbonyl (C=O) groups excluding carboxylic acids is 1. The summed E-state index contributed by atoms with van der Waals surface area (Å²) in [7, 11) is 1.75. The molecular weight excluding hydrogens is 326 g/mol. The maximum absolute atomic E-state index is 12.4. The van der Waals surface area contributed by atoms with Crippen molar-refractivity contribution in [1.82, 2.24) is 15.0 Å². The maximum Gasteiger partial charge on any atom is 0.246 e. The number of hydrogen-bond donors (Lipinski definition) is 0. The number of nitrogens with zero attached hydrogens (tertiary/aromatic N) is 3. The van der Waals surface area contributed by atoms with E-state index in [2.05, 4.69) is 29.2 Å². The summed E-state index contributed by atoms with van der Waals surface area (Å²) in [5.41, 5.74) is 4.31. The number of carbonyl (C=O) groups is 1. The average Bonchev–Trinajstić information content (AvgIpc) is 3.11. The van der Waals surface area contributed by atoms with Gasteiger partial charge in [-0.3, -0.25) is 4.79 Å². The Balaban J connectivity index is 1.62. The number of rotatable bonds is 6. The molecule has 0 fully saturated rings. The Hall–Kier alpha value is -2.95. The van der Waals surface area contributed by atoms with E-state index in [-0.39, 0.29) is 5.91 Å². The van der Waals surface area contributed by atoms with Gasteiger partial charge in [0, 0.05) is 12.6 Å². The molecule has 5 nitrogen and oxygen atoms in total. The van der Waals surface area contributed by atoms with Crippen molar-refractivity contribution in [2.24, 2.45) is 0 Å². The molecule has 0 unspecified atom stereocenters. The number of hydrogen-bond acceptors (Lipinski definition) is 4. The van der Waals surface area contributed by atoms with Crippen LogP contribution >= 0.6 is 0 Å². The van der Waals surface area contributed by atoms with Gasteiger partial charge < -0.3 is 9.42 Å². The Bertz CT molecular complexity index is 884. The molecule has 0 saturated heterocycles. The summed E-state index contributed by atoms with van der Waals surface area (Å²) in [6.07, 6.45) is 1.36. The fourth-order valence-corrected chi connectivity index (χ4v) is 2.71. The lowest BCUT2D eigenvalue weighted by molar-refractivity contribution is -0.130. The Kier molecular flexibility index (Phi) is 5.46. The van der Waals surface area contributed by atoms with Crippen LogP contribution in [-0.2, 0) is 24.2 Å². The summed E-state index contributed by atoms with van der Waals surface area (Å²) in [6.45, 7) is 4.43. The standard InChI is InChI=1S/C21H23N3O2/c1-4-16-8-10-17(11-9-16)13-20(25)24(3)14-19-22-21(23-26-19)18-7-5-6-15(2)12-18/h5-12H,4,13-14H2,1-3H3. The third-order valence-electron chi connectivity index (χ3n) is 4.33. The zero-order valence-corrected chi connectivity index (χ0v) is 15.4. The van der Waals surface area contributed by atoms with Gasteiger partial charge >= 0.3 is 0 Å². The van der Waals surface area contributed by atoms with Gasteiger partial charge in [-0.2, -0.15) is 4.98 Å².